The molecule has 3 fully saturated rings. The molecule has 0 aromatic rings. The molecule has 3 rings (SSSR count). The number of rotatable bonds is 6. The van der Waals surface area contributed by atoms with Crippen molar-refractivity contribution in [2.24, 2.45) is 16.6 Å². The van der Waals surface area contributed by atoms with Crippen molar-refractivity contribution < 1.29 is 14.3 Å². The van der Waals surface area contributed by atoms with E-state index in [0.29, 0.717) is 11.8 Å². The first-order valence-electron chi connectivity index (χ1n) is 5.58. The predicted molar refractivity (Wildman–Crippen MR) is 54.2 cm³/mol. The van der Waals surface area contributed by atoms with E-state index in [0.717, 1.165) is 32.1 Å². The lowest BCUT2D eigenvalue weighted by Crippen LogP contribution is -2.70. The largest absolute Gasteiger partial charge is 0.480 e. The highest BCUT2D eigenvalue weighted by atomic mass is 19.1. The van der Waals surface area contributed by atoms with Crippen molar-refractivity contribution in [2.75, 3.05) is 6.67 Å². The number of carboxylic acid groups (broad SMARTS) is 1. The Morgan fingerprint density at radius 1 is 1.40 bits per heavy atom. The van der Waals surface area contributed by atoms with Gasteiger partial charge in [0.05, 0.1) is 6.67 Å². The van der Waals surface area contributed by atoms with E-state index in [2.05, 4.69) is 0 Å². The van der Waals surface area contributed by atoms with Gasteiger partial charge in [-0.1, -0.05) is 6.42 Å². The van der Waals surface area contributed by atoms with Crippen molar-refractivity contribution in [3.8, 4) is 0 Å². The van der Waals surface area contributed by atoms with E-state index in [1.165, 1.54) is 0 Å². The van der Waals surface area contributed by atoms with E-state index >= 15 is 0 Å². The Kier molecular flexibility index (Phi) is 2.49. The maximum absolute atomic E-state index is 11.9. The molecule has 3 aliphatic rings. The molecule has 1 unspecified atom stereocenters. The van der Waals surface area contributed by atoms with Gasteiger partial charge >= 0.3 is 5.97 Å². The second-order valence-electron chi connectivity index (χ2n) is 5.35. The molecule has 1 atom stereocenters. The number of alkyl halides is 1. The van der Waals surface area contributed by atoms with Gasteiger partial charge < -0.3 is 10.8 Å². The van der Waals surface area contributed by atoms with Gasteiger partial charge in [0.1, 0.15) is 6.04 Å². The molecule has 4 heteroatoms. The maximum atomic E-state index is 11.9. The molecule has 0 heterocycles. The van der Waals surface area contributed by atoms with Crippen LogP contribution in [0.2, 0.25) is 0 Å². The van der Waals surface area contributed by atoms with Gasteiger partial charge in [0.15, 0.2) is 0 Å². The van der Waals surface area contributed by atoms with Gasteiger partial charge in [-0.25, -0.2) is 0 Å². The second-order valence-corrected chi connectivity index (χ2v) is 5.35. The van der Waals surface area contributed by atoms with Crippen molar-refractivity contribution in [1.29, 1.82) is 0 Å². The summed E-state index contributed by atoms with van der Waals surface area (Å²) < 4.78 is 11.9. The van der Waals surface area contributed by atoms with Crippen LogP contribution in [0.4, 0.5) is 4.39 Å². The first kappa shape index (κ1) is 10.9. The van der Waals surface area contributed by atoms with Crippen LogP contribution in [0, 0.1) is 10.8 Å². The van der Waals surface area contributed by atoms with Gasteiger partial charge in [-0.3, -0.25) is 9.18 Å². The van der Waals surface area contributed by atoms with E-state index in [1.54, 1.807) is 0 Å². The summed E-state index contributed by atoms with van der Waals surface area (Å²) in [4.78, 5) is 10.8. The molecular weight excluding hydrogens is 197 g/mol. The zero-order valence-corrected chi connectivity index (χ0v) is 8.84. The van der Waals surface area contributed by atoms with Crippen LogP contribution in [0.25, 0.3) is 0 Å². The highest BCUT2D eigenvalue weighted by molar-refractivity contribution is 5.75. The van der Waals surface area contributed by atoms with Crippen molar-refractivity contribution in [2.45, 2.75) is 44.6 Å². The summed E-state index contributed by atoms with van der Waals surface area (Å²) in [5.41, 5.74) is 5.87. The average molecular weight is 215 g/mol. The van der Waals surface area contributed by atoms with E-state index in [4.69, 9.17) is 10.8 Å². The monoisotopic (exact) mass is 215 g/mol. The van der Waals surface area contributed by atoms with E-state index in [1.807, 2.05) is 0 Å². The van der Waals surface area contributed by atoms with Gasteiger partial charge in [-0.05, 0) is 42.9 Å². The SMILES string of the molecule is NC(C(=O)O)C12CC(CCCCF)(C1)C2. The number of aliphatic carboxylic acids is 1. The van der Waals surface area contributed by atoms with Crippen molar-refractivity contribution in [1.82, 2.24) is 0 Å². The molecule has 3 aliphatic carbocycles. The standard InChI is InChI=1S/C11H18FNO2/c12-4-2-1-3-10-5-11(6-10,7-10)8(13)9(14)15/h8H,1-7,13H2,(H,14,15). The smallest absolute Gasteiger partial charge is 0.321 e. The molecule has 2 bridgehead atoms. The van der Waals surface area contributed by atoms with E-state index < -0.39 is 12.0 Å². The molecule has 0 aliphatic heterocycles. The molecule has 86 valence electrons. The first-order chi connectivity index (χ1) is 7.04. The summed E-state index contributed by atoms with van der Waals surface area (Å²) in [6.45, 7) is -0.240. The van der Waals surface area contributed by atoms with Gasteiger partial charge in [-0.15, -0.1) is 0 Å². The minimum Gasteiger partial charge on any atom is -0.480 e. The fraction of sp³-hybridized carbons (Fsp3) is 0.909. The maximum Gasteiger partial charge on any atom is 0.321 e. The number of halogens is 1. The Balaban J connectivity index is 1.77. The van der Waals surface area contributed by atoms with Crippen LogP contribution < -0.4 is 5.73 Å². The highest BCUT2D eigenvalue weighted by Crippen LogP contribution is 2.76. The van der Waals surface area contributed by atoms with Crippen LogP contribution in [-0.4, -0.2) is 23.8 Å². The third-order valence-electron chi connectivity index (χ3n) is 4.20. The third-order valence-corrected chi connectivity index (χ3v) is 4.20. The summed E-state index contributed by atoms with van der Waals surface area (Å²) >= 11 is 0. The Bertz CT molecular complexity index is 260. The Morgan fingerprint density at radius 3 is 2.47 bits per heavy atom. The van der Waals surface area contributed by atoms with E-state index in [-0.39, 0.29) is 12.1 Å². The number of nitrogens with two attached hydrogens (primary N) is 1. The molecular formula is C11H18FNO2. The fourth-order valence-corrected chi connectivity index (χ4v) is 3.54. The number of carbonyl (C=O) groups is 1. The molecule has 3 N–H and O–H groups in total. The van der Waals surface area contributed by atoms with Crippen LogP contribution in [0.5, 0.6) is 0 Å². The first-order valence-corrected chi connectivity index (χ1v) is 5.58. The minimum absolute atomic E-state index is 0.110. The molecule has 0 saturated heterocycles. The summed E-state index contributed by atoms with van der Waals surface area (Å²) in [6, 6.07) is -0.694. The number of hydrogen-bond acceptors (Lipinski definition) is 2. The second kappa shape index (κ2) is 3.44. The van der Waals surface area contributed by atoms with Gasteiger partial charge in [0.2, 0.25) is 0 Å². The van der Waals surface area contributed by atoms with Crippen molar-refractivity contribution in [3.05, 3.63) is 0 Å². The molecule has 3 nitrogen and oxygen atoms in total. The Morgan fingerprint density at radius 2 is 2.00 bits per heavy atom. The summed E-state index contributed by atoms with van der Waals surface area (Å²) in [7, 11) is 0. The quantitative estimate of drug-likeness (QED) is 0.663. The average Bonchev–Trinajstić information content (AvgIpc) is 2.06. The summed E-state index contributed by atoms with van der Waals surface area (Å²) in [6.07, 6.45) is 5.44. The third kappa shape index (κ3) is 1.55. The molecule has 0 radical (unpaired) electrons. The zero-order valence-electron chi connectivity index (χ0n) is 8.84. The highest BCUT2D eigenvalue weighted by Gasteiger charge is 2.70. The van der Waals surface area contributed by atoms with Gasteiger partial charge in [0.25, 0.3) is 0 Å². The van der Waals surface area contributed by atoms with Crippen LogP contribution in [-0.2, 0) is 4.79 Å². The fourth-order valence-electron chi connectivity index (χ4n) is 3.54. The molecule has 15 heavy (non-hydrogen) atoms. The van der Waals surface area contributed by atoms with Crippen LogP contribution >= 0.6 is 0 Å². The molecule has 0 spiro atoms. The van der Waals surface area contributed by atoms with E-state index in [9.17, 15) is 9.18 Å². The lowest BCUT2D eigenvalue weighted by Gasteiger charge is -2.72. The molecule has 3 saturated carbocycles. The number of unbranched alkanes of at least 4 members (excludes halogenated alkanes) is 1. The Hall–Kier alpha value is -0.640. The zero-order chi connectivity index (χ0) is 11.1. The minimum atomic E-state index is -0.882. The number of hydrogen-bond donors (Lipinski definition) is 2. The topological polar surface area (TPSA) is 63.3 Å². The molecule has 0 aromatic heterocycles. The Labute approximate surface area is 88.8 Å². The lowest BCUT2D eigenvalue weighted by molar-refractivity contribution is -0.224. The van der Waals surface area contributed by atoms with Crippen LogP contribution in [0.15, 0.2) is 0 Å². The molecule has 0 aromatic carbocycles. The van der Waals surface area contributed by atoms with Crippen molar-refractivity contribution in [3.63, 3.8) is 0 Å². The summed E-state index contributed by atoms with van der Waals surface area (Å²) in [5, 5.41) is 8.83. The van der Waals surface area contributed by atoms with Gasteiger partial charge in [0, 0.05) is 0 Å². The van der Waals surface area contributed by atoms with Crippen LogP contribution in [0.3, 0.4) is 0 Å². The van der Waals surface area contributed by atoms with Crippen molar-refractivity contribution >= 4 is 5.97 Å². The lowest BCUT2D eigenvalue weighted by atomic mass is 9.32. The molecule has 0 amide bonds. The number of carboxylic acids is 1. The normalized spacial score (nSPS) is 39.1. The van der Waals surface area contributed by atoms with Gasteiger partial charge in [-0.2, -0.15) is 0 Å². The summed E-state index contributed by atoms with van der Waals surface area (Å²) in [5.74, 6) is -0.882. The predicted octanol–water partition coefficient (Wildman–Crippen LogP) is 1.71. The van der Waals surface area contributed by atoms with Crippen LogP contribution in [0.1, 0.15) is 38.5 Å².